The van der Waals surface area contributed by atoms with Gasteiger partial charge in [0.2, 0.25) is 11.0 Å². The van der Waals surface area contributed by atoms with Gasteiger partial charge in [0.1, 0.15) is 5.69 Å². The predicted molar refractivity (Wildman–Crippen MR) is 81.9 cm³/mol. The molecule has 3 heterocycles. The van der Waals surface area contributed by atoms with Gasteiger partial charge in [0.25, 0.3) is 0 Å². The molecular formula is C14H17N5OS. The first kappa shape index (κ1) is 13.9. The largest absolute Gasteiger partial charge is 0.369 e. The van der Waals surface area contributed by atoms with E-state index in [0.717, 1.165) is 28.7 Å². The summed E-state index contributed by atoms with van der Waals surface area (Å²) in [4.78, 5) is 17.8. The number of carbonyl (C=O) groups is 1. The normalized spacial score (nSPS) is 22.2. The van der Waals surface area contributed by atoms with Gasteiger partial charge in [0.15, 0.2) is 5.01 Å². The van der Waals surface area contributed by atoms with Crippen molar-refractivity contribution in [3.05, 3.63) is 24.4 Å². The van der Waals surface area contributed by atoms with Crippen LogP contribution in [0.2, 0.25) is 0 Å². The summed E-state index contributed by atoms with van der Waals surface area (Å²) in [6.45, 7) is 2.76. The first-order valence-electron chi connectivity index (χ1n) is 6.96. The Kier molecular flexibility index (Phi) is 3.83. The van der Waals surface area contributed by atoms with Crippen LogP contribution >= 0.6 is 11.3 Å². The minimum atomic E-state index is -0.235. The van der Waals surface area contributed by atoms with Crippen molar-refractivity contribution in [2.24, 2.45) is 11.7 Å². The number of primary amides is 1. The van der Waals surface area contributed by atoms with E-state index in [9.17, 15) is 4.79 Å². The van der Waals surface area contributed by atoms with Crippen molar-refractivity contribution in [2.75, 3.05) is 11.4 Å². The van der Waals surface area contributed by atoms with Crippen molar-refractivity contribution >= 4 is 22.4 Å². The molecule has 0 radical (unpaired) electrons. The Balaban J connectivity index is 1.83. The van der Waals surface area contributed by atoms with Gasteiger partial charge in [-0.3, -0.25) is 9.78 Å². The van der Waals surface area contributed by atoms with Crippen molar-refractivity contribution in [3.8, 4) is 10.7 Å². The highest BCUT2D eigenvalue weighted by Gasteiger charge is 2.30. The molecule has 21 heavy (non-hydrogen) atoms. The van der Waals surface area contributed by atoms with Gasteiger partial charge in [0, 0.05) is 18.8 Å². The van der Waals surface area contributed by atoms with Gasteiger partial charge in [-0.25, -0.2) is 0 Å². The molecule has 2 N–H and O–H groups in total. The minimum Gasteiger partial charge on any atom is -0.369 e. The molecule has 2 atom stereocenters. The number of rotatable bonds is 3. The Morgan fingerprint density at radius 2 is 2.24 bits per heavy atom. The summed E-state index contributed by atoms with van der Waals surface area (Å²) < 4.78 is 0. The second-order valence-electron chi connectivity index (χ2n) is 5.28. The number of anilines is 1. The monoisotopic (exact) mass is 303 g/mol. The van der Waals surface area contributed by atoms with Gasteiger partial charge >= 0.3 is 0 Å². The minimum absolute atomic E-state index is 0.108. The molecule has 6 nitrogen and oxygen atoms in total. The van der Waals surface area contributed by atoms with E-state index < -0.39 is 0 Å². The molecule has 110 valence electrons. The maximum absolute atomic E-state index is 11.4. The number of amides is 1. The fraction of sp³-hybridized carbons (Fsp3) is 0.429. The van der Waals surface area contributed by atoms with Gasteiger partial charge in [-0.15, -0.1) is 10.2 Å². The van der Waals surface area contributed by atoms with Gasteiger partial charge in [0.05, 0.1) is 5.92 Å². The van der Waals surface area contributed by atoms with Crippen molar-refractivity contribution in [1.29, 1.82) is 0 Å². The lowest BCUT2D eigenvalue weighted by molar-refractivity contribution is -0.122. The number of hydrogen-bond acceptors (Lipinski definition) is 6. The summed E-state index contributed by atoms with van der Waals surface area (Å²) in [5, 5.41) is 10.1. The topological polar surface area (TPSA) is 85.0 Å². The summed E-state index contributed by atoms with van der Waals surface area (Å²) >= 11 is 1.50. The van der Waals surface area contributed by atoms with E-state index in [0.29, 0.717) is 12.6 Å². The van der Waals surface area contributed by atoms with Crippen molar-refractivity contribution in [3.63, 3.8) is 0 Å². The van der Waals surface area contributed by atoms with Crippen molar-refractivity contribution < 1.29 is 4.79 Å². The third-order valence-corrected chi connectivity index (χ3v) is 4.81. The first-order chi connectivity index (χ1) is 10.1. The average molecular weight is 303 g/mol. The van der Waals surface area contributed by atoms with E-state index in [2.05, 4.69) is 27.0 Å². The maximum Gasteiger partial charge on any atom is 0.222 e. The molecule has 7 heteroatoms. The zero-order valence-corrected chi connectivity index (χ0v) is 12.6. The fourth-order valence-electron chi connectivity index (χ4n) is 2.53. The number of hydrogen-bond donors (Lipinski definition) is 1. The summed E-state index contributed by atoms with van der Waals surface area (Å²) in [6.07, 6.45) is 3.52. The second kappa shape index (κ2) is 5.77. The third kappa shape index (κ3) is 2.87. The number of piperidine rings is 1. The highest BCUT2D eigenvalue weighted by molar-refractivity contribution is 7.18. The van der Waals surface area contributed by atoms with Crippen LogP contribution in [0.25, 0.3) is 10.7 Å². The molecule has 0 spiro atoms. The third-order valence-electron chi connectivity index (χ3n) is 3.83. The molecule has 1 amide bonds. The number of carbonyl (C=O) groups excluding carboxylic acids is 1. The zero-order chi connectivity index (χ0) is 14.8. The van der Waals surface area contributed by atoms with Crippen molar-refractivity contribution in [1.82, 2.24) is 15.2 Å². The first-order valence-corrected chi connectivity index (χ1v) is 7.77. The Labute approximate surface area is 127 Å². The Hall–Kier alpha value is -2.02. The van der Waals surface area contributed by atoms with Crippen LogP contribution in [-0.2, 0) is 4.79 Å². The predicted octanol–water partition coefficient (Wildman–Crippen LogP) is 1.69. The van der Waals surface area contributed by atoms with Crippen LogP contribution in [-0.4, -0.2) is 33.7 Å². The summed E-state index contributed by atoms with van der Waals surface area (Å²) in [7, 11) is 0. The molecular weight excluding hydrogens is 286 g/mol. The smallest absolute Gasteiger partial charge is 0.222 e. The van der Waals surface area contributed by atoms with E-state index in [4.69, 9.17) is 5.73 Å². The molecule has 0 aromatic carbocycles. The number of nitrogens with zero attached hydrogens (tertiary/aromatic N) is 4. The molecule has 0 bridgehead atoms. The van der Waals surface area contributed by atoms with Gasteiger partial charge < -0.3 is 10.6 Å². The SMILES string of the molecule is C[C@H]1CC[C@H](C(N)=O)CN1c1nnc(-c2ccccn2)s1. The van der Waals surface area contributed by atoms with Crippen LogP contribution in [0.5, 0.6) is 0 Å². The Morgan fingerprint density at radius 3 is 2.95 bits per heavy atom. The lowest BCUT2D eigenvalue weighted by Crippen LogP contribution is -2.45. The fourth-order valence-corrected chi connectivity index (χ4v) is 3.46. The summed E-state index contributed by atoms with van der Waals surface area (Å²) in [5.41, 5.74) is 6.26. The Morgan fingerprint density at radius 1 is 1.38 bits per heavy atom. The molecule has 3 rings (SSSR count). The number of nitrogens with two attached hydrogens (primary N) is 1. The molecule has 0 aliphatic carbocycles. The Bertz CT molecular complexity index is 629. The second-order valence-corrected chi connectivity index (χ2v) is 6.24. The van der Waals surface area contributed by atoms with Gasteiger partial charge in [-0.05, 0) is 31.9 Å². The van der Waals surface area contributed by atoms with Crippen LogP contribution in [0.15, 0.2) is 24.4 Å². The van der Waals surface area contributed by atoms with E-state index in [1.807, 2.05) is 18.2 Å². The van der Waals surface area contributed by atoms with Crippen LogP contribution in [0.3, 0.4) is 0 Å². The average Bonchev–Trinajstić information content (AvgIpc) is 2.98. The van der Waals surface area contributed by atoms with Gasteiger partial charge in [-0.2, -0.15) is 0 Å². The molecule has 1 fully saturated rings. The van der Waals surface area contributed by atoms with E-state index in [1.54, 1.807) is 6.20 Å². The lowest BCUT2D eigenvalue weighted by atomic mass is 9.93. The standard InChI is InChI=1S/C14H17N5OS/c1-9-5-6-10(12(15)20)8-19(9)14-18-17-13(21-14)11-4-2-3-7-16-11/h2-4,7,9-10H,5-6,8H2,1H3,(H2,15,20)/t9-,10-/m0/s1. The summed E-state index contributed by atoms with van der Waals surface area (Å²) in [5.74, 6) is -0.343. The highest BCUT2D eigenvalue weighted by Crippen LogP contribution is 2.32. The van der Waals surface area contributed by atoms with E-state index >= 15 is 0 Å². The number of aromatic nitrogens is 3. The van der Waals surface area contributed by atoms with Crippen molar-refractivity contribution in [2.45, 2.75) is 25.8 Å². The van der Waals surface area contributed by atoms with Crippen LogP contribution in [0.1, 0.15) is 19.8 Å². The van der Waals surface area contributed by atoms with Crippen LogP contribution in [0, 0.1) is 5.92 Å². The molecule has 0 saturated carbocycles. The lowest BCUT2D eigenvalue weighted by Gasteiger charge is -2.36. The summed E-state index contributed by atoms with van der Waals surface area (Å²) in [6, 6.07) is 6.05. The quantitative estimate of drug-likeness (QED) is 0.932. The van der Waals surface area contributed by atoms with Crippen LogP contribution < -0.4 is 10.6 Å². The number of pyridine rings is 1. The molecule has 1 aliphatic heterocycles. The molecule has 1 saturated heterocycles. The molecule has 0 unspecified atom stereocenters. The zero-order valence-electron chi connectivity index (χ0n) is 11.8. The maximum atomic E-state index is 11.4. The van der Waals surface area contributed by atoms with Crippen LogP contribution in [0.4, 0.5) is 5.13 Å². The van der Waals surface area contributed by atoms with E-state index in [-0.39, 0.29) is 11.8 Å². The highest BCUT2D eigenvalue weighted by atomic mass is 32.1. The molecule has 2 aromatic rings. The van der Waals surface area contributed by atoms with E-state index in [1.165, 1.54) is 11.3 Å². The van der Waals surface area contributed by atoms with Gasteiger partial charge in [-0.1, -0.05) is 17.4 Å². The molecule has 1 aliphatic rings. The molecule has 2 aromatic heterocycles.